The van der Waals surface area contributed by atoms with E-state index in [9.17, 15) is 0 Å². The van der Waals surface area contributed by atoms with E-state index in [2.05, 4.69) is 27.9 Å². The number of nitrogens with one attached hydrogen (secondary N) is 1. The highest BCUT2D eigenvalue weighted by atomic mass is 127. The largest absolute Gasteiger partial charge is 0.398 e. The molecule has 2 nitrogen and oxygen atoms in total. The standard InChI is InChI=1S/C11H10ClIN2S/c12-7-1-2-10(8(13)5-7)15-6-11-9(14)3-4-16-11/h1-5,15H,6,14H2. The van der Waals surface area contributed by atoms with E-state index in [1.54, 1.807) is 11.3 Å². The molecule has 0 amide bonds. The first-order valence-corrected chi connectivity index (χ1v) is 7.01. The van der Waals surface area contributed by atoms with E-state index < -0.39 is 0 Å². The SMILES string of the molecule is Nc1ccsc1CNc1ccc(Cl)cc1I. The highest BCUT2D eigenvalue weighted by Gasteiger charge is 2.03. The van der Waals surface area contributed by atoms with Gasteiger partial charge in [-0.3, -0.25) is 0 Å². The molecule has 16 heavy (non-hydrogen) atoms. The van der Waals surface area contributed by atoms with Crippen LogP contribution in [0, 0.1) is 3.57 Å². The maximum Gasteiger partial charge on any atom is 0.0515 e. The first-order chi connectivity index (χ1) is 7.66. The van der Waals surface area contributed by atoms with Crippen LogP contribution in [0.15, 0.2) is 29.6 Å². The van der Waals surface area contributed by atoms with Crippen LogP contribution in [0.25, 0.3) is 0 Å². The third-order valence-corrected chi connectivity index (χ3v) is 4.21. The summed E-state index contributed by atoms with van der Waals surface area (Å²) < 4.78 is 1.11. The Morgan fingerprint density at radius 3 is 2.81 bits per heavy atom. The Kier molecular flexibility index (Phi) is 3.94. The fraction of sp³-hybridized carbons (Fsp3) is 0.0909. The van der Waals surface area contributed by atoms with Crippen molar-refractivity contribution in [1.29, 1.82) is 0 Å². The van der Waals surface area contributed by atoms with Crippen LogP contribution in [0.4, 0.5) is 11.4 Å². The molecule has 2 aromatic rings. The topological polar surface area (TPSA) is 38.0 Å². The molecule has 0 saturated heterocycles. The number of halogens is 2. The summed E-state index contributed by atoms with van der Waals surface area (Å²) in [7, 11) is 0. The van der Waals surface area contributed by atoms with Crippen LogP contribution in [-0.2, 0) is 6.54 Å². The lowest BCUT2D eigenvalue weighted by Crippen LogP contribution is -2.01. The fourth-order valence-corrected chi connectivity index (χ4v) is 3.10. The third kappa shape index (κ3) is 2.81. The van der Waals surface area contributed by atoms with Crippen molar-refractivity contribution >= 4 is 56.9 Å². The second kappa shape index (κ2) is 5.25. The summed E-state index contributed by atoms with van der Waals surface area (Å²) in [6.07, 6.45) is 0. The highest BCUT2D eigenvalue weighted by Crippen LogP contribution is 2.25. The Labute approximate surface area is 117 Å². The van der Waals surface area contributed by atoms with Gasteiger partial charge in [0.25, 0.3) is 0 Å². The Balaban J connectivity index is 2.08. The molecule has 0 bridgehead atoms. The molecule has 2 rings (SSSR count). The minimum atomic E-state index is 0.751. The zero-order valence-corrected chi connectivity index (χ0v) is 12.1. The molecule has 0 aliphatic heterocycles. The van der Waals surface area contributed by atoms with Crippen LogP contribution in [0.3, 0.4) is 0 Å². The molecule has 3 N–H and O–H groups in total. The molecule has 1 heterocycles. The molecule has 0 spiro atoms. The number of nitrogen functional groups attached to an aromatic ring is 1. The van der Waals surface area contributed by atoms with E-state index in [0.29, 0.717) is 0 Å². The summed E-state index contributed by atoms with van der Waals surface area (Å²) in [5.74, 6) is 0. The zero-order valence-electron chi connectivity index (χ0n) is 8.34. The number of benzene rings is 1. The van der Waals surface area contributed by atoms with Crippen molar-refractivity contribution in [2.75, 3.05) is 11.1 Å². The van der Waals surface area contributed by atoms with Crippen molar-refractivity contribution in [2.24, 2.45) is 0 Å². The van der Waals surface area contributed by atoms with Crippen molar-refractivity contribution in [3.63, 3.8) is 0 Å². The summed E-state index contributed by atoms with van der Waals surface area (Å²) in [5, 5.41) is 6.10. The van der Waals surface area contributed by atoms with Crippen molar-refractivity contribution < 1.29 is 0 Å². The van der Waals surface area contributed by atoms with Gasteiger partial charge in [-0.15, -0.1) is 11.3 Å². The second-order valence-corrected chi connectivity index (χ2v) is 5.88. The van der Waals surface area contributed by atoms with Crippen LogP contribution in [0.2, 0.25) is 5.02 Å². The smallest absolute Gasteiger partial charge is 0.0515 e. The van der Waals surface area contributed by atoms with Crippen LogP contribution >= 0.6 is 45.5 Å². The van der Waals surface area contributed by atoms with E-state index >= 15 is 0 Å². The van der Waals surface area contributed by atoms with Gasteiger partial charge in [0.2, 0.25) is 0 Å². The van der Waals surface area contributed by atoms with E-state index in [4.69, 9.17) is 17.3 Å². The first kappa shape index (κ1) is 12.0. The highest BCUT2D eigenvalue weighted by molar-refractivity contribution is 14.1. The van der Waals surface area contributed by atoms with Gasteiger partial charge in [-0.05, 0) is 52.2 Å². The van der Waals surface area contributed by atoms with Gasteiger partial charge in [0, 0.05) is 24.8 Å². The summed E-state index contributed by atoms with van der Waals surface area (Å²) in [5.41, 5.74) is 7.74. The Morgan fingerprint density at radius 1 is 1.38 bits per heavy atom. The quantitative estimate of drug-likeness (QED) is 0.801. The molecule has 0 atom stereocenters. The van der Waals surface area contributed by atoms with E-state index in [1.165, 1.54) is 0 Å². The number of rotatable bonds is 3. The van der Waals surface area contributed by atoms with Gasteiger partial charge in [-0.1, -0.05) is 11.6 Å². The van der Waals surface area contributed by atoms with Crippen molar-refractivity contribution in [3.05, 3.63) is 43.1 Å². The number of hydrogen-bond donors (Lipinski definition) is 2. The lowest BCUT2D eigenvalue weighted by Gasteiger charge is -2.08. The Morgan fingerprint density at radius 2 is 2.19 bits per heavy atom. The maximum absolute atomic E-state index is 5.89. The number of nitrogens with two attached hydrogens (primary N) is 1. The minimum Gasteiger partial charge on any atom is -0.398 e. The lowest BCUT2D eigenvalue weighted by molar-refractivity contribution is 1.19. The number of anilines is 2. The van der Waals surface area contributed by atoms with Gasteiger partial charge in [-0.25, -0.2) is 0 Å². The van der Waals surface area contributed by atoms with Crippen LogP contribution in [0.1, 0.15) is 4.88 Å². The van der Waals surface area contributed by atoms with Crippen molar-refractivity contribution in [2.45, 2.75) is 6.54 Å². The number of hydrogen-bond acceptors (Lipinski definition) is 3. The predicted octanol–water partition coefficient (Wildman–Crippen LogP) is 4.20. The van der Waals surface area contributed by atoms with Gasteiger partial charge in [0.15, 0.2) is 0 Å². The Hall–Kier alpha value is -0.460. The molecule has 84 valence electrons. The average Bonchev–Trinajstić information content (AvgIpc) is 2.63. The van der Waals surface area contributed by atoms with Gasteiger partial charge in [-0.2, -0.15) is 0 Å². The Bertz CT molecular complexity index is 498. The van der Waals surface area contributed by atoms with Gasteiger partial charge < -0.3 is 11.1 Å². The summed E-state index contributed by atoms with van der Waals surface area (Å²) >= 11 is 9.81. The summed E-state index contributed by atoms with van der Waals surface area (Å²) in [6, 6.07) is 7.72. The van der Waals surface area contributed by atoms with Gasteiger partial charge >= 0.3 is 0 Å². The van der Waals surface area contributed by atoms with Crippen LogP contribution in [-0.4, -0.2) is 0 Å². The first-order valence-electron chi connectivity index (χ1n) is 4.67. The zero-order chi connectivity index (χ0) is 11.5. The van der Waals surface area contributed by atoms with Gasteiger partial charge in [0.1, 0.15) is 0 Å². The molecule has 0 radical (unpaired) electrons. The van der Waals surface area contributed by atoms with Crippen molar-refractivity contribution in [1.82, 2.24) is 0 Å². The van der Waals surface area contributed by atoms with E-state index in [-0.39, 0.29) is 0 Å². The molecule has 5 heteroatoms. The molecule has 0 saturated carbocycles. The molecule has 0 unspecified atom stereocenters. The second-order valence-electron chi connectivity index (χ2n) is 3.28. The summed E-state index contributed by atoms with van der Waals surface area (Å²) in [4.78, 5) is 1.16. The lowest BCUT2D eigenvalue weighted by atomic mass is 10.3. The number of thiophene rings is 1. The molecule has 0 fully saturated rings. The molecule has 1 aromatic carbocycles. The van der Waals surface area contributed by atoms with Crippen LogP contribution in [0.5, 0.6) is 0 Å². The fourth-order valence-electron chi connectivity index (χ4n) is 1.30. The van der Waals surface area contributed by atoms with Gasteiger partial charge in [0.05, 0.1) is 6.54 Å². The average molecular weight is 365 g/mol. The predicted molar refractivity (Wildman–Crippen MR) is 80.2 cm³/mol. The molecule has 0 aliphatic rings. The summed E-state index contributed by atoms with van der Waals surface area (Å²) in [6.45, 7) is 0.751. The van der Waals surface area contributed by atoms with Crippen LogP contribution < -0.4 is 11.1 Å². The molecular formula is C11H10ClIN2S. The molecular weight excluding hydrogens is 355 g/mol. The maximum atomic E-state index is 5.89. The normalized spacial score (nSPS) is 10.4. The monoisotopic (exact) mass is 364 g/mol. The van der Waals surface area contributed by atoms with Crippen molar-refractivity contribution in [3.8, 4) is 0 Å². The molecule has 0 aliphatic carbocycles. The third-order valence-electron chi connectivity index (χ3n) is 2.15. The van der Waals surface area contributed by atoms with E-state index in [1.807, 2.05) is 29.6 Å². The molecule has 1 aromatic heterocycles. The minimum absolute atomic E-state index is 0.751. The van der Waals surface area contributed by atoms with E-state index in [0.717, 1.165) is 31.4 Å².